The SMILES string of the molecule is CNS(=O)(=O)c1cccc(Nc2cc(Nc3ccc(SC)cc3)ncn2)c1.O=C(O)C(F)(F)F. The predicted molar refractivity (Wildman–Crippen MR) is 123 cm³/mol. The minimum Gasteiger partial charge on any atom is -0.475 e. The third-order valence-electron chi connectivity index (χ3n) is 3.96. The number of sulfonamides is 1. The Bertz CT molecular complexity index is 1220. The van der Waals surface area contributed by atoms with E-state index in [-0.39, 0.29) is 4.90 Å². The minimum absolute atomic E-state index is 0.177. The summed E-state index contributed by atoms with van der Waals surface area (Å²) in [5, 5.41) is 13.4. The van der Waals surface area contributed by atoms with Crippen LogP contribution in [-0.4, -0.2) is 48.9 Å². The van der Waals surface area contributed by atoms with Gasteiger partial charge in [-0.2, -0.15) is 13.2 Å². The fourth-order valence-corrected chi connectivity index (χ4v) is 3.51. The van der Waals surface area contributed by atoms with Crippen molar-refractivity contribution in [3.63, 3.8) is 0 Å². The van der Waals surface area contributed by atoms with Gasteiger partial charge in [0.15, 0.2) is 0 Å². The van der Waals surface area contributed by atoms with Crippen molar-refractivity contribution < 1.29 is 31.5 Å². The van der Waals surface area contributed by atoms with Gasteiger partial charge in [0, 0.05) is 22.3 Å². The molecule has 182 valence electrons. The van der Waals surface area contributed by atoms with Crippen molar-refractivity contribution in [2.45, 2.75) is 16.0 Å². The Balaban J connectivity index is 0.000000509. The first-order valence-corrected chi connectivity index (χ1v) is 12.0. The quantitative estimate of drug-likeness (QED) is 0.341. The molecule has 0 spiro atoms. The van der Waals surface area contributed by atoms with Crippen LogP contribution in [0.1, 0.15) is 0 Å². The molecule has 0 saturated heterocycles. The number of carboxylic acids is 1. The second kappa shape index (κ2) is 11.7. The van der Waals surface area contributed by atoms with Crippen molar-refractivity contribution in [2.75, 3.05) is 23.9 Å². The van der Waals surface area contributed by atoms with Crippen LogP contribution in [0.5, 0.6) is 0 Å². The number of benzene rings is 2. The van der Waals surface area contributed by atoms with Gasteiger partial charge in [-0.15, -0.1) is 11.8 Å². The monoisotopic (exact) mass is 515 g/mol. The number of hydrogen-bond acceptors (Lipinski definition) is 8. The van der Waals surface area contributed by atoms with Gasteiger partial charge in [-0.05, 0) is 55.8 Å². The number of halogens is 3. The van der Waals surface area contributed by atoms with Crippen molar-refractivity contribution in [3.8, 4) is 0 Å². The van der Waals surface area contributed by atoms with Gasteiger partial charge in [-0.25, -0.2) is 27.9 Å². The molecule has 0 unspecified atom stereocenters. The zero-order chi connectivity index (χ0) is 25.4. The number of nitrogens with one attached hydrogen (secondary N) is 3. The lowest BCUT2D eigenvalue weighted by Crippen LogP contribution is -2.21. The van der Waals surface area contributed by atoms with Crippen molar-refractivity contribution in [1.82, 2.24) is 14.7 Å². The molecule has 1 heterocycles. The molecule has 3 rings (SSSR count). The second-order valence-corrected chi connectivity index (χ2v) is 9.07. The highest BCUT2D eigenvalue weighted by atomic mass is 32.2. The molecule has 4 N–H and O–H groups in total. The maximum absolute atomic E-state index is 11.9. The standard InChI is InChI=1S/C18H19N5O2S2.C2HF3O2/c1-19-27(24,25)16-5-3-4-14(10-16)23-18-11-17(20-12-21-18)22-13-6-8-15(26-2)9-7-13;3-2(4,5)1(6)7/h3-12,19H,1-2H3,(H2,20,21,22,23);(H,6,7). The molecular weight excluding hydrogens is 495 g/mol. The first kappa shape index (κ1) is 26.9. The van der Waals surface area contributed by atoms with Crippen LogP contribution in [0.4, 0.5) is 36.2 Å². The van der Waals surface area contributed by atoms with Crippen LogP contribution in [-0.2, 0) is 14.8 Å². The lowest BCUT2D eigenvalue weighted by molar-refractivity contribution is -0.192. The molecule has 0 fully saturated rings. The number of carboxylic acid groups (broad SMARTS) is 1. The molecule has 9 nitrogen and oxygen atoms in total. The summed E-state index contributed by atoms with van der Waals surface area (Å²) in [7, 11) is -2.13. The second-order valence-electron chi connectivity index (χ2n) is 6.31. The molecule has 0 saturated carbocycles. The molecule has 3 aromatic rings. The maximum atomic E-state index is 11.9. The number of carbonyl (C=O) groups is 1. The third-order valence-corrected chi connectivity index (χ3v) is 6.11. The number of alkyl halides is 3. The van der Waals surface area contributed by atoms with Crippen molar-refractivity contribution in [2.24, 2.45) is 0 Å². The van der Waals surface area contributed by atoms with E-state index in [1.165, 1.54) is 24.3 Å². The van der Waals surface area contributed by atoms with E-state index in [1.54, 1.807) is 36.0 Å². The van der Waals surface area contributed by atoms with Crippen molar-refractivity contribution >= 4 is 50.8 Å². The molecule has 0 radical (unpaired) electrons. The van der Waals surface area contributed by atoms with Gasteiger partial charge in [-0.1, -0.05) is 6.07 Å². The van der Waals surface area contributed by atoms with Gasteiger partial charge in [0.25, 0.3) is 0 Å². The van der Waals surface area contributed by atoms with E-state index >= 15 is 0 Å². The molecule has 0 aliphatic carbocycles. The first-order valence-electron chi connectivity index (χ1n) is 9.28. The highest BCUT2D eigenvalue weighted by Gasteiger charge is 2.38. The number of nitrogens with zero attached hydrogens (tertiary/aromatic N) is 2. The van der Waals surface area contributed by atoms with E-state index in [1.807, 2.05) is 30.5 Å². The average molecular weight is 516 g/mol. The Morgan fingerprint density at radius 1 is 0.971 bits per heavy atom. The predicted octanol–water partition coefficient (Wildman–Crippen LogP) is 4.23. The fraction of sp³-hybridized carbons (Fsp3) is 0.150. The highest BCUT2D eigenvalue weighted by Crippen LogP contribution is 2.23. The van der Waals surface area contributed by atoms with Gasteiger partial charge in [0.1, 0.15) is 18.0 Å². The summed E-state index contributed by atoms with van der Waals surface area (Å²) in [6, 6.07) is 16.3. The zero-order valence-corrected chi connectivity index (χ0v) is 19.4. The number of hydrogen-bond donors (Lipinski definition) is 4. The molecule has 34 heavy (non-hydrogen) atoms. The number of anilines is 4. The van der Waals surface area contributed by atoms with Gasteiger partial charge in [-0.3, -0.25) is 0 Å². The highest BCUT2D eigenvalue weighted by molar-refractivity contribution is 7.98. The zero-order valence-electron chi connectivity index (χ0n) is 17.8. The Morgan fingerprint density at radius 3 is 2.03 bits per heavy atom. The molecule has 0 amide bonds. The lowest BCUT2D eigenvalue weighted by atomic mass is 10.3. The third kappa shape index (κ3) is 8.20. The van der Waals surface area contributed by atoms with E-state index < -0.39 is 22.2 Å². The molecule has 14 heteroatoms. The van der Waals surface area contributed by atoms with Crippen LogP contribution in [0.2, 0.25) is 0 Å². The average Bonchev–Trinajstić information content (AvgIpc) is 2.80. The number of aliphatic carboxylic acids is 1. The summed E-state index contributed by atoms with van der Waals surface area (Å²) in [6.45, 7) is 0. The number of thioether (sulfide) groups is 1. The van der Waals surface area contributed by atoms with Crippen LogP contribution in [0.3, 0.4) is 0 Å². The van der Waals surface area contributed by atoms with Crippen LogP contribution in [0.15, 0.2) is 70.7 Å². The van der Waals surface area contributed by atoms with Gasteiger partial charge in [0.2, 0.25) is 10.0 Å². The summed E-state index contributed by atoms with van der Waals surface area (Å²) in [5.74, 6) is -1.58. The summed E-state index contributed by atoms with van der Waals surface area (Å²) < 4.78 is 57.9. The van der Waals surface area contributed by atoms with E-state index in [0.29, 0.717) is 17.3 Å². The van der Waals surface area contributed by atoms with Crippen LogP contribution in [0.25, 0.3) is 0 Å². The molecule has 0 aliphatic heterocycles. The lowest BCUT2D eigenvalue weighted by Gasteiger charge is -2.10. The summed E-state index contributed by atoms with van der Waals surface area (Å²) in [6.07, 6.45) is -1.61. The van der Waals surface area contributed by atoms with Crippen LogP contribution in [0, 0.1) is 0 Å². The Kier molecular flexibility index (Phi) is 9.23. The van der Waals surface area contributed by atoms with E-state index in [2.05, 4.69) is 25.3 Å². The Hall–Kier alpha value is -3.36. The molecule has 0 atom stereocenters. The number of rotatable bonds is 7. The molecule has 0 bridgehead atoms. The van der Waals surface area contributed by atoms with Crippen molar-refractivity contribution in [3.05, 3.63) is 60.9 Å². The summed E-state index contributed by atoms with van der Waals surface area (Å²) >= 11 is 1.68. The molecule has 0 aliphatic rings. The number of aromatic nitrogens is 2. The van der Waals surface area contributed by atoms with Crippen LogP contribution >= 0.6 is 11.8 Å². The van der Waals surface area contributed by atoms with Crippen LogP contribution < -0.4 is 15.4 Å². The van der Waals surface area contributed by atoms with Gasteiger partial charge in [0.05, 0.1) is 4.90 Å². The summed E-state index contributed by atoms with van der Waals surface area (Å²) in [4.78, 5) is 18.7. The molecule has 1 aromatic heterocycles. The van der Waals surface area contributed by atoms with E-state index in [9.17, 15) is 21.6 Å². The minimum atomic E-state index is -5.08. The van der Waals surface area contributed by atoms with Crippen molar-refractivity contribution in [1.29, 1.82) is 0 Å². The molecular formula is C20H20F3N5O4S2. The van der Waals surface area contributed by atoms with Gasteiger partial charge >= 0.3 is 12.1 Å². The summed E-state index contributed by atoms with van der Waals surface area (Å²) in [5.41, 5.74) is 1.53. The topological polar surface area (TPSA) is 133 Å². The normalized spacial score (nSPS) is 11.2. The smallest absolute Gasteiger partial charge is 0.475 e. The fourth-order valence-electron chi connectivity index (χ4n) is 2.32. The van der Waals surface area contributed by atoms with E-state index in [4.69, 9.17) is 9.90 Å². The Morgan fingerprint density at radius 2 is 1.53 bits per heavy atom. The van der Waals surface area contributed by atoms with E-state index in [0.717, 1.165) is 5.69 Å². The molecule has 2 aromatic carbocycles. The maximum Gasteiger partial charge on any atom is 0.490 e. The Labute approximate surface area is 197 Å². The van der Waals surface area contributed by atoms with Gasteiger partial charge < -0.3 is 15.7 Å². The largest absolute Gasteiger partial charge is 0.490 e. The first-order chi connectivity index (χ1) is 15.9.